The fourth-order valence-corrected chi connectivity index (χ4v) is 2.19. The van der Waals surface area contributed by atoms with E-state index in [2.05, 4.69) is 20.3 Å². The van der Waals surface area contributed by atoms with Gasteiger partial charge in [-0.2, -0.15) is 0 Å². The molecule has 4 nitrogen and oxygen atoms in total. The minimum atomic E-state index is -0.482. The zero-order chi connectivity index (χ0) is 15.5. The van der Waals surface area contributed by atoms with E-state index in [1.807, 2.05) is 6.07 Å². The predicted molar refractivity (Wildman–Crippen MR) is 85.0 cm³/mol. The SMILES string of the molecule is Fc1ccc(Nc2cc(Cl)nc(-c3cccnc3)n2)cc1Cl. The molecule has 0 unspecified atom stereocenters. The molecule has 0 aliphatic carbocycles. The summed E-state index contributed by atoms with van der Waals surface area (Å²) in [5.74, 6) is 0.432. The molecule has 0 fully saturated rings. The van der Waals surface area contributed by atoms with Crippen LogP contribution in [0.1, 0.15) is 0 Å². The van der Waals surface area contributed by atoms with E-state index in [-0.39, 0.29) is 10.2 Å². The Balaban J connectivity index is 1.94. The Morgan fingerprint density at radius 2 is 1.91 bits per heavy atom. The lowest BCUT2D eigenvalue weighted by Crippen LogP contribution is -1.98. The van der Waals surface area contributed by atoms with Gasteiger partial charge in [-0.25, -0.2) is 14.4 Å². The van der Waals surface area contributed by atoms with Crippen LogP contribution in [0.4, 0.5) is 15.9 Å². The number of nitrogens with one attached hydrogen (secondary N) is 1. The highest BCUT2D eigenvalue weighted by molar-refractivity contribution is 6.31. The minimum Gasteiger partial charge on any atom is -0.340 e. The van der Waals surface area contributed by atoms with E-state index in [0.717, 1.165) is 5.56 Å². The van der Waals surface area contributed by atoms with Crippen molar-refractivity contribution in [3.63, 3.8) is 0 Å². The molecule has 0 saturated heterocycles. The molecule has 0 spiro atoms. The van der Waals surface area contributed by atoms with Crippen LogP contribution in [0.2, 0.25) is 10.2 Å². The van der Waals surface area contributed by atoms with Gasteiger partial charge in [-0.3, -0.25) is 4.98 Å². The average molecular weight is 335 g/mol. The number of pyridine rings is 1. The third kappa shape index (κ3) is 3.32. The molecule has 7 heteroatoms. The molecule has 3 rings (SSSR count). The van der Waals surface area contributed by atoms with Gasteiger partial charge in [0.15, 0.2) is 5.82 Å². The molecule has 2 aromatic heterocycles. The Labute approximate surface area is 136 Å². The molecule has 3 aromatic rings. The fraction of sp³-hybridized carbons (Fsp3) is 0. The maximum Gasteiger partial charge on any atom is 0.164 e. The highest BCUT2D eigenvalue weighted by atomic mass is 35.5. The summed E-state index contributed by atoms with van der Waals surface area (Å²) in [6.45, 7) is 0. The van der Waals surface area contributed by atoms with E-state index in [0.29, 0.717) is 17.3 Å². The van der Waals surface area contributed by atoms with Crippen LogP contribution < -0.4 is 5.32 Å². The summed E-state index contributed by atoms with van der Waals surface area (Å²) in [7, 11) is 0. The molecule has 0 amide bonds. The van der Waals surface area contributed by atoms with Crippen molar-refractivity contribution >= 4 is 34.7 Å². The van der Waals surface area contributed by atoms with Crippen LogP contribution in [0.3, 0.4) is 0 Å². The Morgan fingerprint density at radius 1 is 1.05 bits per heavy atom. The van der Waals surface area contributed by atoms with Gasteiger partial charge in [-0.1, -0.05) is 23.2 Å². The molecule has 0 aliphatic heterocycles. The second kappa shape index (κ2) is 6.25. The number of halogens is 3. The van der Waals surface area contributed by atoms with Gasteiger partial charge < -0.3 is 5.32 Å². The quantitative estimate of drug-likeness (QED) is 0.703. The van der Waals surface area contributed by atoms with Gasteiger partial charge in [0, 0.05) is 29.7 Å². The van der Waals surface area contributed by atoms with Gasteiger partial charge in [-0.05, 0) is 30.3 Å². The first-order valence-electron chi connectivity index (χ1n) is 6.29. The highest BCUT2D eigenvalue weighted by Crippen LogP contribution is 2.24. The molecule has 22 heavy (non-hydrogen) atoms. The number of anilines is 2. The summed E-state index contributed by atoms with van der Waals surface area (Å²) in [5.41, 5.74) is 1.34. The molecule has 2 heterocycles. The second-order valence-electron chi connectivity index (χ2n) is 4.40. The van der Waals surface area contributed by atoms with Crippen LogP contribution in [-0.4, -0.2) is 15.0 Å². The monoisotopic (exact) mass is 334 g/mol. The van der Waals surface area contributed by atoms with E-state index in [9.17, 15) is 4.39 Å². The Bertz CT molecular complexity index is 812. The topological polar surface area (TPSA) is 50.7 Å². The van der Waals surface area contributed by atoms with Gasteiger partial charge in [0.2, 0.25) is 0 Å². The molecule has 0 bridgehead atoms. The standard InChI is InChI=1S/C15H9Cl2FN4/c16-11-6-10(3-4-12(11)18)20-14-7-13(17)21-15(22-14)9-2-1-5-19-8-9/h1-8H,(H,20,21,22). The number of aromatic nitrogens is 3. The van der Waals surface area contributed by atoms with Crippen LogP contribution in [0.5, 0.6) is 0 Å². The summed E-state index contributed by atoms with van der Waals surface area (Å²) in [6.07, 6.45) is 3.30. The van der Waals surface area contributed by atoms with Crippen LogP contribution in [0.25, 0.3) is 11.4 Å². The van der Waals surface area contributed by atoms with Crippen LogP contribution in [-0.2, 0) is 0 Å². The summed E-state index contributed by atoms with van der Waals surface area (Å²) in [5, 5.41) is 3.32. The Morgan fingerprint density at radius 3 is 2.64 bits per heavy atom. The number of benzene rings is 1. The first kappa shape index (κ1) is 14.7. The third-order valence-corrected chi connectivity index (χ3v) is 3.29. The molecule has 110 valence electrons. The second-order valence-corrected chi connectivity index (χ2v) is 5.19. The lowest BCUT2D eigenvalue weighted by Gasteiger charge is -2.08. The minimum absolute atomic E-state index is 0.0256. The summed E-state index contributed by atoms with van der Waals surface area (Å²) >= 11 is 11.8. The van der Waals surface area contributed by atoms with Gasteiger partial charge in [0.1, 0.15) is 16.8 Å². The molecule has 0 radical (unpaired) electrons. The molecule has 0 aliphatic rings. The Kier molecular flexibility index (Phi) is 4.18. The van der Waals surface area contributed by atoms with Crippen molar-refractivity contribution in [3.05, 3.63) is 64.8 Å². The summed E-state index contributed by atoms with van der Waals surface area (Å²) < 4.78 is 13.2. The molecular formula is C15H9Cl2FN4. The molecule has 1 aromatic carbocycles. The van der Waals surface area contributed by atoms with Crippen molar-refractivity contribution in [1.82, 2.24) is 15.0 Å². The zero-order valence-electron chi connectivity index (χ0n) is 11.1. The number of nitrogens with zero attached hydrogens (tertiary/aromatic N) is 3. The number of hydrogen-bond donors (Lipinski definition) is 1. The lowest BCUT2D eigenvalue weighted by molar-refractivity contribution is 0.628. The maximum absolute atomic E-state index is 13.2. The van der Waals surface area contributed by atoms with E-state index in [1.165, 1.54) is 12.1 Å². The smallest absolute Gasteiger partial charge is 0.164 e. The van der Waals surface area contributed by atoms with Crippen molar-refractivity contribution in [2.24, 2.45) is 0 Å². The van der Waals surface area contributed by atoms with E-state index >= 15 is 0 Å². The molecule has 0 saturated carbocycles. The first-order valence-corrected chi connectivity index (χ1v) is 7.04. The van der Waals surface area contributed by atoms with E-state index < -0.39 is 5.82 Å². The molecule has 1 N–H and O–H groups in total. The van der Waals surface area contributed by atoms with Crippen LogP contribution in [0.15, 0.2) is 48.8 Å². The first-order chi connectivity index (χ1) is 10.6. The number of rotatable bonds is 3. The van der Waals surface area contributed by atoms with Gasteiger partial charge in [0.25, 0.3) is 0 Å². The fourth-order valence-electron chi connectivity index (χ4n) is 1.83. The molecule has 0 atom stereocenters. The van der Waals surface area contributed by atoms with E-state index in [4.69, 9.17) is 23.2 Å². The van der Waals surface area contributed by atoms with Gasteiger partial charge in [0.05, 0.1) is 5.02 Å². The highest BCUT2D eigenvalue weighted by Gasteiger charge is 2.07. The maximum atomic E-state index is 13.2. The van der Waals surface area contributed by atoms with E-state index in [1.54, 1.807) is 30.6 Å². The normalized spacial score (nSPS) is 10.5. The van der Waals surface area contributed by atoms with Crippen molar-refractivity contribution in [2.45, 2.75) is 0 Å². The Hall–Kier alpha value is -2.24. The van der Waals surface area contributed by atoms with Gasteiger partial charge in [-0.15, -0.1) is 0 Å². The van der Waals surface area contributed by atoms with Crippen molar-refractivity contribution in [1.29, 1.82) is 0 Å². The average Bonchev–Trinajstić information content (AvgIpc) is 2.51. The van der Waals surface area contributed by atoms with Crippen LogP contribution in [0, 0.1) is 5.82 Å². The van der Waals surface area contributed by atoms with Crippen molar-refractivity contribution < 1.29 is 4.39 Å². The largest absolute Gasteiger partial charge is 0.340 e. The van der Waals surface area contributed by atoms with Crippen molar-refractivity contribution in [2.75, 3.05) is 5.32 Å². The number of hydrogen-bond acceptors (Lipinski definition) is 4. The van der Waals surface area contributed by atoms with Crippen molar-refractivity contribution in [3.8, 4) is 11.4 Å². The van der Waals surface area contributed by atoms with Gasteiger partial charge >= 0.3 is 0 Å². The predicted octanol–water partition coefficient (Wildman–Crippen LogP) is 4.73. The summed E-state index contributed by atoms with van der Waals surface area (Å²) in [6, 6.07) is 9.48. The lowest BCUT2D eigenvalue weighted by atomic mass is 10.2. The zero-order valence-corrected chi connectivity index (χ0v) is 12.6. The van der Waals surface area contributed by atoms with Crippen LogP contribution >= 0.6 is 23.2 Å². The summed E-state index contributed by atoms with van der Waals surface area (Å²) in [4.78, 5) is 12.6. The third-order valence-electron chi connectivity index (χ3n) is 2.81. The molecular weight excluding hydrogens is 326 g/mol.